The summed E-state index contributed by atoms with van der Waals surface area (Å²) in [5.41, 5.74) is 0.997. The van der Waals surface area contributed by atoms with Crippen molar-refractivity contribution in [2.75, 3.05) is 13.1 Å². The van der Waals surface area contributed by atoms with Crippen molar-refractivity contribution in [2.45, 2.75) is 43.5 Å². The monoisotopic (exact) mass is 352 g/mol. The molecule has 0 radical (unpaired) electrons. The van der Waals surface area contributed by atoms with Crippen LogP contribution in [0.15, 0.2) is 23.1 Å². The molecular weight excluding hydrogens is 331 g/mol. The topological polar surface area (TPSA) is 58.2 Å². The fraction of sp³-hybridized carbons (Fsp3) is 0.571. The van der Waals surface area contributed by atoms with Crippen LogP contribution < -0.4 is 10.0 Å². The summed E-state index contributed by atoms with van der Waals surface area (Å²) >= 11 is 6.04. The fourth-order valence-corrected chi connectivity index (χ4v) is 4.05. The smallest absolute Gasteiger partial charge is 0.242 e. The second-order valence-corrected chi connectivity index (χ2v) is 7.30. The molecule has 0 bridgehead atoms. The highest BCUT2D eigenvalue weighted by atomic mass is 35.5. The molecule has 1 saturated heterocycles. The normalized spacial score (nSPS) is 18.5. The lowest BCUT2D eigenvalue weighted by Gasteiger charge is -2.13. The first kappa shape index (κ1) is 18.7. The first-order valence-electron chi connectivity index (χ1n) is 7.04. The molecule has 1 unspecified atom stereocenters. The lowest BCUT2D eigenvalue weighted by atomic mass is 10.1. The van der Waals surface area contributed by atoms with Gasteiger partial charge in [0.25, 0.3) is 0 Å². The van der Waals surface area contributed by atoms with E-state index in [2.05, 4.69) is 17.0 Å². The summed E-state index contributed by atoms with van der Waals surface area (Å²) in [6.07, 6.45) is 3.93. The molecular formula is C14H22Cl2N2O2S. The van der Waals surface area contributed by atoms with E-state index in [1.54, 1.807) is 12.1 Å². The van der Waals surface area contributed by atoms with Crippen molar-refractivity contribution in [3.8, 4) is 0 Å². The van der Waals surface area contributed by atoms with Crippen LogP contribution in [0.2, 0.25) is 5.02 Å². The molecule has 0 aliphatic carbocycles. The van der Waals surface area contributed by atoms with Gasteiger partial charge in [0, 0.05) is 12.6 Å². The van der Waals surface area contributed by atoms with E-state index in [1.807, 2.05) is 6.07 Å². The number of hydrogen-bond acceptors (Lipinski definition) is 3. The van der Waals surface area contributed by atoms with Crippen molar-refractivity contribution >= 4 is 34.0 Å². The van der Waals surface area contributed by atoms with Gasteiger partial charge in [-0.25, -0.2) is 13.1 Å². The van der Waals surface area contributed by atoms with Gasteiger partial charge in [0.1, 0.15) is 4.90 Å². The van der Waals surface area contributed by atoms with Crippen molar-refractivity contribution < 1.29 is 8.42 Å². The summed E-state index contributed by atoms with van der Waals surface area (Å²) in [5.74, 6) is 0. The molecule has 2 N–H and O–H groups in total. The molecule has 120 valence electrons. The van der Waals surface area contributed by atoms with Crippen LogP contribution in [-0.4, -0.2) is 27.5 Å². The summed E-state index contributed by atoms with van der Waals surface area (Å²) in [7, 11) is -3.54. The lowest BCUT2D eigenvalue weighted by Crippen LogP contribution is -2.37. The number of aryl methyl sites for hydroxylation is 1. The Kier molecular flexibility index (Phi) is 7.44. The molecule has 1 aliphatic rings. The number of halogens is 2. The number of rotatable bonds is 6. The van der Waals surface area contributed by atoms with Crippen molar-refractivity contribution in [1.82, 2.24) is 10.0 Å². The molecule has 0 aromatic heterocycles. The van der Waals surface area contributed by atoms with Gasteiger partial charge in [0.2, 0.25) is 10.0 Å². The molecule has 1 heterocycles. The molecule has 2 rings (SSSR count). The van der Waals surface area contributed by atoms with E-state index in [9.17, 15) is 8.42 Å². The quantitative estimate of drug-likeness (QED) is 0.827. The Bertz CT molecular complexity index is 558. The third-order valence-electron chi connectivity index (χ3n) is 3.51. The largest absolute Gasteiger partial charge is 0.313 e. The van der Waals surface area contributed by atoms with Gasteiger partial charge in [-0.15, -0.1) is 12.4 Å². The first-order valence-corrected chi connectivity index (χ1v) is 8.90. The zero-order valence-electron chi connectivity index (χ0n) is 12.1. The molecule has 1 fully saturated rings. The molecule has 1 aromatic carbocycles. The Morgan fingerprint density at radius 3 is 2.81 bits per heavy atom. The summed E-state index contributed by atoms with van der Waals surface area (Å²) in [5, 5.41) is 3.54. The van der Waals surface area contributed by atoms with Crippen LogP contribution >= 0.6 is 24.0 Å². The van der Waals surface area contributed by atoms with Crippen LogP contribution in [0.3, 0.4) is 0 Å². The third-order valence-corrected chi connectivity index (χ3v) is 5.41. The Balaban J connectivity index is 0.00000220. The van der Waals surface area contributed by atoms with Crippen LogP contribution in [0, 0.1) is 0 Å². The second-order valence-electron chi connectivity index (χ2n) is 5.16. The van der Waals surface area contributed by atoms with Crippen molar-refractivity contribution in [3.63, 3.8) is 0 Å². The van der Waals surface area contributed by atoms with Crippen LogP contribution in [0.1, 0.15) is 31.7 Å². The van der Waals surface area contributed by atoms with E-state index in [1.165, 1.54) is 0 Å². The molecule has 0 saturated carbocycles. The number of benzene rings is 1. The minimum atomic E-state index is -3.54. The van der Waals surface area contributed by atoms with E-state index >= 15 is 0 Å². The summed E-state index contributed by atoms with van der Waals surface area (Å²) < 4.78 is 27.3. The van der Waals surface area contributed by atoms with Crippen LogP contribution in [0.5, 0.6) is 0 Å². The average molecular weight is 353 g/mol. The van der Waals surface area contributed by atoms with E-state index in [0.29, 0.717) is 6.54 Å². The van der Waals surface area contributed by atoms with Gasteiger partial charge < -0.3 is 5.32 Å². The van der Waals surface area contributed by atoms with Crippen molar-refractivity contribution in [3.05, 3.63) is 28.8 Å². The van der Waals surface area contributed by atoms with Crippen molar-refractivity contribution in [2.24, 2.45) is 0 Å². The minimum absolute atomic E-state index is 0. The second kappa shape index (κ2) is 8.34. The Morgan fingerprint density at radius 2 is 2.19 bits per heavy atom. The maximum atomic E-state index is 12.3. The van der Waals surface area contributed by atoms with Gasteiger partial charge in [-0.2, -0.15) is 0 Å². The third kappa shape index (κ3) is 5.11. The molecule has 4 nitrogen and oxygen atoms in total. The predicted octanol–water partition coefficient (Wildman–Crippen LogP) is 2.74. The molecule has 1 aromatic rings. The van der Waals surface area contributed by atoms with E-state index in [0.717, 1.165) is 37.8 Å². The van der Waals surface area contributed by atoms with Gasteiger partial charge in [0.05, 0.1) is 5.02 Å². The predicted molar refractivity (Wildman–Crippen MR) is 88.9 cm³/mol. The van der Waals surface area contributed by atoms with Crippen LogP contribution in [0.4, 0.5) is 0 Å². The maximum absolute atomic E-state index is 12.3. The zero-order chi connectivity index (χ0) is 14.6. The number of hydrogen-bond donors (Lipinski definition) is 2. The molecule has 1 atom stereocenters. The van der Waals surface area contributed by atoms with Gasteiger partial charge in [-0.3, -0.25) is 0 Å². The Morgan fingerprint density at radius 1 is 1.43 bits per heavy atom. The summed E-state index contributed by atoms with van der Waals surface area (Å²) in [6, 6.07) is 5.44. The SMILES string of the molecule is CCCc1ccc(Cl)c(S(=O)(=O)NCC2CCCN2)c1.Cl. The average Bonchev–Trinajstić information content (AvgIpc) is 2.92. The van der Waals surface area contributed by atoms with E-state index in [4.69, 9.17) is 11.6 Å². The molecule has 0 spiro atoms. The number of nitrogens with one attached hydrogen (secondary N) is 2. The van der Waals surface area contributed by atoms with Crippen molar-refractivity contribution in [1.29, 1.82) is 0 Å². The minimum Gasteiger partial charge on any atom is -0.313 e. The summed E-state index contributed by atoms with van der Waals surface area (Å²) in [4.78, 5) is 0.183. The van der Waals surface area contributed by atoms with Gasteiger partial charge in [0.15, 0.2) is 0 Å². The standard InChI is InChI=1S/C14H21ClN2O2S.ClH/c1-2-4-11-6-7-13(15)14(9-11)20(18,19)17-10-12-5-3-8-16-12;/h6-7,9,12,16-17H,2-5,8,10H2,1H3;1H. The van der Waals surface area contributed by atoms with Gasteiger partial charge in [-0.05, 0) is 43.5 Å². The van der Waals surface area contributed by atoms with E-state index in [-0.39, 0.29) is 28.4 Å². The lowest BCUT2D eigenvalue weighted by molar-refractivity contribution is 0.551. The fourth-order valence-electron chi connectivity index (χ4n) is 2.42. The molecule has 21 heavy (non-hydrogen) atoms. The highest BCUT2D eigenvalue weighted by Gasteiger charge is 2.21. The maximum Gasteiger partial charge on any atom is 0.242 e. The van der Waals surface area contributed by atoms with Crippen LogP contribution in [0.25, 0.3) is 0 Å². The molecule has 1 aliphatic heterocycles. The van der Waals surface area contributed by atoms with E-state index < -0.39 is 10.0 Å². The van der Waals surface area contributed by atoms with Gasteiger partial charge in [-0.1, -0.05) is 31.0 Å². The Hall–Kier alpha value is -0.330. The van der Waals surface area contributed by atoms with Gasteiger partial charge >= 0.3 is 0 Å². The molecule has 7 heteroatoms. The Labute approximate surface area is 138 Å². The number of sulfonamides is 1. The first-order chi connectivity index (χ1) is 9.53. The molecule has 0 amide bonds. The highest BCUT2D eigenvalue weighted by Crippen LogP contribution is 2.23. The highest BCUT2D eigenvalue weighted by molar-refractivity contribution is 7.89. The zero-order valence-corrected chi connectivity index (χ0v) is 14.5. The van der Waals surface area contributed by atoms with Crippen LogP contribution in [-0.2, 0) is 16.4 Å². The summed E-state index contributed by atoms with van der Waals surface area (Å²) in [6.45, 7) is 3.43.